The summed E-state index contributed by atoms with van der Waals surface area (Å²) in [7, 11) is 0. The molecule has 0 spiro atoms. The number of hydrogen-bond donors (Lipinski definition) is 3. The number of rotatable bonds is 3. The fraction of sp³-hybridized carbons (Fsp3) is 0.167. The van der Waals surface area contributed by atoms with Crippen molar-refractivity contribution in [2.24, 2.45) is 0 Å². The van der Waals surface area contributed by atoms with Crippen LogP contribution in [0.25, 0.3) is 0 Å². The lowest BCUT2D eigenvalue weighted by Crippen LogP contribution is -2.09. The van der Waals surface area contributed by atoms with E-state index >= 15 is 0 Å². The average molecular weight is 342 g/mol. The number of aliphatic hydroxyl groups excluding tert-OH is 1. The molecule has 0 aliphatic rings. The molecule has 2 rings (SSSR count). The molecule has 100 valence electrons. The third kappa shape index (κ3) is 3.59. The zero-order chi connectivity index (χ0) is 14.0. The smallest absolute Gasteiger partial charge is 0.253 e. The average Bonchev–Trinajstić information content (AvgIpc) is 2.26. The van der Waals surface area contributed by atoms with Crippen molar-refractivity contribution >= 4 is 33.5 Å². The summed E-state index contributed by atoms with van der Waals surface area (Å²) < 4.78 is 0.804. The normalized spacial score (nSPS) is 12.4. The maximum Gasteiger partial charge on any atom is 0.253 e. The SMILES string of the molecule is C[C@@H](O)c1ccc(Sc2nc(N)cc(=O)[nH]2)cc1Br. The highest BCUT2D eigenvalue weighted by molar-refractivity contribution is 9.10. The highest BCUT2D eigenvalue weighted by Gasteiger charge is 2.08. The van der Waals surface area contributed by atoms with Crippen molar-refractivity contribution in [3.8, 4) is 0 Å². The Kier molecular flexibility index (Phi) is 4.28. The molecule has 4 N–H and O–H groups in total. The number of nitrogens with zero attached hydrogens (tertiary/aromatic N) is 1. The minimum absolute atomic E-state index is 0.186. The van der Waals surface area contributed by atoms with Gasteiger partial charge in [-0.3, -0.25) is 4.79 Å². The van der Waals surface area contributed by atoms with E-state index < -0.39 is 6.10 Å². The van der Waals surface area contributed by atoms with Gasteiger partial charge in [-0.2, -0.15) is 0 Å². The summed E-state index contributed by atoms with van der Waals surface area (Å²) in [6.45, 7) is 1.70. The Labute approximate surface area is 122 Å². The number of aliphatic hydroxyl groups is 1. The van der Waals surface area contributed by atoms with Crippen molar-refractivity contribution in [3.05, 3.63) is 44.7 Å². The highest BCUT2D eigenvalue weighted by atomic mass is 79.9. The lowest BCUT2D eigenvalue weighted by atomic mass is 10.1. The van der Waals surface area contributed by atoms with Crippen LogP contribution in [0.3, 0.4) is 0 Å². The van der Waals surface area contributed by atoms with Gasteiger partial charge in [0.1, 0.15) is 5.82 Å². The minimum atomic E-state index is -0.543. The molecule has 5 nitrogen and oxygen atoms in total. The van der Waals surface area contributed by atoms with Gasteiger partial charge in [-0.15, -0.1) is 0 Å². The van der Waals surface area contributed by atoms with Gasteiger partial charge in [0.05, 0.1) is 6.10 Å². The Hall–Kier alpha value is -1.31. The molecule has 7 heteroatoms. The van der Waals surface area contributed by atoms with Crippen molar-refractivity contribution in [2.45, 2.75) is 23.1 Å². The van der Waals surface area contributed by atoms with Gasteiger partial charge >= 0.3 is 0 Å². The zero-order valence-electron chi connectivity index (χ0n) is 10.1. The zero-order valence-corrected chi connectivity index (χ0v) is 12.5. The van der Waals surface area contributed by atoms with Gasteiger partial charge in [-0.25, -0.2) is 4.98 Å². The van der Waals surface area contributed by atoms with Crippen LogP contribution in [0.1, 0.15) is 18.6 Å². The standard InChI is InChI=1S/C12H12BrN3O2S/c1-6(17)8-3-2-7(4-9(8)13)19-12-15-10(14)5-11(18)16-12/h2-6,17H,1H3,(H3,14,15,16,18)/t6-/m1/s1. The Morgan fingerprint density at radius 3 is 2.79 bits per heavy atom. The number of H-pyrrole nitrogens is 1. The first kappa shape index (κ1) is 14.1. The number of aromatic amines is 1. The summed E-state index contributed by atoms with van der Waals surface area (Å²) in [5.74, 6) is 0.186. The third-order valence-electron chi connectivity index (χ3n) is 2.38. The van der Waals surface area contributed by atoms with E-state index in [2.05, 4.69) is 25.9 Å². The number of aromatic nitrogens is 2. The van der Waals surface area contributed by atoms with Crippen LogP contribution in [0.4, 0.5) is 5.82 Å². The fourth-order valence-electron chi connectivity index (χ4n) is 1.52. The number of halogens is 1. The van der Waals surface area contributed by atoms with E-state index in [1.807, 2.05) is 18.2 Å². The van der Waals surface area contributed by atoms with Gasteiger partial charge in [0.15, 0.2) is 5.16 Å². The number of anilines is 1. The molecule has 0 fully saturated rings. The molecule has 1 aromatic carbocycles. The third-order valence-corrected chi connectivity index (χ3v) is 3.94. The van der Waals surface area contributed by atoms with Crippen LogP contribution >= 0.6 is 27.7 Å². The molecule has 0 amide bonds. The molecular weight excluding hydrogens is 330 g/mol. The molecule has 1 heterocycles. The first-order valence-corrected chi connectivity index (χ1v) is 7.09. The molecule has 0 bridgehead atoms. The molecule has 0 saturated heterocycles. The van der Waals surface area contributed by atoms with E-state index in [-0.39, 0.29) is 11.4 Å². The van der Waals surface area contributed by atoms with Gasteiger partial charge in [0.2, 0.25) is 0 Å². The monoisotopic (exact) mass is 341 g/mol. The predicted molar refractivity (Wildman–Crippen MR) is 78.2 cm³/mol. The summed E-state index contributed by atoms with van der Waals surface area (Å²) in [5.41, 5.74) is 6.04. The van der Waals surface area contributed by atoms with Crippen molar-refractivity contribution in [1.82, 2.24) is 9.97 Å². The second-order valence-corrected chi connectivity index (χ2v) is 5.85. The summed E-state index contributed by atoms with van der Waals surface area (Å²) in [5, 5.41) is 9.98. The van der Waals surface area contributed by atoms with E-state index in [9.17, 15) is 9.90 Å². The Morgan fingerprint density at radius 1 is 1.47 bits per heavy atom. The number of nitrogens with one attached hydrogen (secondary N) is 1. The van der Waals surface area contributed by atoms with Crippen LogP contribution in [0, 0.1) is 0 Å². The minimum Gasteiger partial charge on any atom is -0.389 e. The van der Waals surface area contributed by atoms with Gasteiger partial charge in [-0.1, -0.05) is 33.8 Å². The van der Waals surface area contributed by atoms with Gasteiger partial charge < -0.3 is 15.8 Å². The van der Waals surface area contributed by atoms with Crippen LogP contribution in [-0.4, -0.2) is 15.1 Å². The van der Waals surface area contributed by atoms with Crippen LogP contribution in [-0.2, 0) is 0 Å². The summed E-state index contributed by atoms with van der Waals surface area (Å²) >= 11 is 4.69. The van der Waals surface area contributed by atoms with Gasteiger partial charge in [-0.05, 0) is 24.6 Å². The molecule has 0 unspecified atom stereocenters. The lowest BCUT2D eigenvalue weighted by molar-refractivity contribution is 0.198. The van der Waals surface area contributed by atoms with Crippen LogP contribution in [0.5, 0.6) is 0 Å². The number of nitrogens with two attached hydrogens (primary N) is 1. The van der Waals surface area contributed by atoms with E-state index in [1.54, 1.807) is 6.92 Å². The van der Waals surface area contributed by atoms with Crippen molar-refractivity contribution in [1.29, 1.82) is 0 Å². The lowest BCUT2D eigenvalue weighted by Gasteiger charge is -2.09. The van der Waals surface area contributed by atoms with E-state index in [1.165, 1.54) is 17.8 Å². The van der Waals surface area contributed by atoms with Crippen LogP contribution in [0.2, 0.25) is 0 Å². The molecule has 0 aliphatic heterocycles. The van der Waals surface area contributed by atoms with E-state index in [0.29, 0.717) is 5.16 Å². The topological polar surface area (TPSA) is 92.0 Å². The fourth-order valence-corrected chi connectivity index (χ4v) is 3.22. The van der Waals surface area contributed by atoms with Gasteiger partial charge in [0.25, 0.3) is 5.56 Å². The molecule has 0 radical (unpaired) electrons. The Bertz CT molecular complexity index is 658. The first-order chi connectivity index (χ1) is 8.95. The highest BCUT2D eigenvalue weighted by Crippen LogP contribution is 2.31. The first-order valence-electron chi connectivity index (χ1n) is 5.48. The Morgan fingerprint density at radius 2 is 2.21 bits per heavy atom. The predicted octanol–water partition coefficient (Wildman–Crippen LogP) is 2.32. The largest absolute Gasteiger partial charge is 0.389 e. The quantitative estimate of drug-likeness (QED) is 0.745. The van der Waals surface area contributed by atoms with Gasteiger partial charge in [0, 0.05) is 15.4 Å². The number of nitrogen functional groups attached to an aromatic ring is 1. The second kappa shape index (κ2) is 5.77. The Balaban J connectivity index is 2.29. The molecule has 0 aliphatic carbocycles. The van der Waals surface area contributed by atoms with Crippen LogP contribution in [0.15, 0.2) is 43.6 Å². The second-order valence-electron chi connectivity index (χ2n) is 3.94. The summed E-state index contributed by atoms with van der Waals surface area (Å²) in [6.07, 6.45) is -0.543. The maximum absolute atomic E-state index is 11.3. The molecule has 19 heavy (non-hydrogen) atoms. The number of benzene rings is 1. The summed E-state index contributed by atoms with van der Waals surface area (Å²) in [6, 6.07) is 6.76. The van der Waals surface area contributed by atoms with Crippen molar-refractivity contribution < 1.29 is 5.11 Å². The van der Waals surface area contributed by atoms with Crippen molar-refractivity contribution in [3.63, 3.8) is 0 Å². The molecule has 1 atom stereocenters. The van der Waals surface area contributed by atoms with E-state index in [4.69, 9.17) is 5.73 Å². The van der Waals surface area contributed by atoms with Crippen molar-refractivity contribution in [2.75, 3.05) is 5.73 Å². The molecule has 1 aromatic heterocycles. The van der Waals surface area contributed by atoms with E-state index in [0.717, 1.165) is 14.9 Å². The molecule has 2 aromatic rings. The molecular formula is C12H12BrN3O2S. The summed E-state index contributed by atoms with van der Waals surface area (Å²) in [4.78, 5) is 18.8. The number of hydrogen-bond acceptors (Lipinski definition) is 5. The molecule has 0 saturated carbocycles. The van der Waals surface area contributed by atoms with Crippen LogP contribution < -0.4 is 11.3 Å². The maximum atomic E-state index is 11.3.